The van der Waals surface area contributed by atoms with Crippen molar-refractivity contribution in [3.05, 3.63) is 59.7 Å². The molecular formula is C27H35N. The number of nitrogens with zero attached hydrogens (tertiary/aromatic N) is 1. The molecular weight excluding hydrogens is 338 g/mol. The molecule has 28 heavy (non-hydrogen) atoms. The Morgan fingerprint density at radius 2 is 1.39 bits per heavy atom. The summed E-state index contributed by atoms with van der Waals surface area (Å²) in [6.45, 7) is 4.38. The van der Waals surface area contributed by atoms with Crippen molar-refractivity contribution in [3.8, 4) is 17.2 Å². The van der Waals surface area contributed by atoms with Gasteiger partial charge in [0.05, 0.1) is 11.5 Å². The topological polar surface area (TPSA) is 23.8 Å². The molecule has 1 heteroatoms. The summed E-state index contributed by atoms with van der Waals surface area (Å²) in [5.41, 5.74) is 5.45. The summed E-state index contributed by atoms with van der Waals surface area (Å²) in [5.74, 6) is 0.793. The van der Waals surface area contributed by atoms with Crippen LogP contribution in [-0.4, -0.2) is 0 Å². The Morgan fingerprint density at radius 1 is 0.857 bits per heavy atom. The van der Waals surface area contributed by atoms with E-state index in [-0.39, 0.29) is 5.41 Å². The Labute approximate surface area is 171 Å². The molecule has 0 bridgehead atoms. The lowest BCUT2D eigenvalue weighted by atomic mass is 9.71. The van der Waals surface area contributed by atoms with E-state index in [1.807, 2.05) is 0 Å². The fraction of sp³-hybridized carbons (Fsp3) is 0.519. The smallest absolute Gasteiger partial charge is 0.0686 e. The zero-order valence-electron chi connectivity index (χ0n) is 17.7. The molecule has 0 aliphatic heterocycles. The van der Waals surface area contributed by atoms with Gasteiger partial charge in [0.25, 0.3) is 0 Å². The molecule has 2 aromatic rings. The summed E-state index contributed by atoms with van der Waals surface area (Å²) in [7, 11) is 0. The number of hydrogen-bond acceptors (Lipinski definition) is 1. The minimum absolute atomic E-state index is 0.0658. The van der Waals surface area contributed by atoms with Gasteiger partial charge >= 0.3 is 0 Å². The van der Waals surface area contributed by atoms with Crippen LogP contribution in [0.4, 0.5) is 0 Å². The van der Waals surface area contributed by atoms with Gasteiger partial charge in [-0.3, -0.25) is 0 Å². The number of unbranched alkanes of at least 4 members (excludes halogenated alkanes) is 2. The summed E-state index contributed by atoms with van der Waals surface area (Å²) in [4.78, 5) is 0. The van der Waals surface area contributed by atoms with Crippen LogP contribution >= 0.6 is 0 Å². The van der Waals surface area contributed by atoms with Crippen molar-refractivity contribution >= 4 is 0 Å². The van der Waals surface area contributed by atoms with Gasteiger partial charge < -0.3 is 0 Å². The van der Waals surface area contributed by atoms with E-state index in [2.05, 4.69) is 68.4 Å². The van der Waals surface area contributed by atoms with Gasteiger partial charge in [0.15, 0.2) is 0 Å². The molecule has 2 aromatic carbocycles. The third-order valence-electron chi connectivity index (χ3n) is 6.63. The Morgan fingerprint density at radius 3 is 1.89 bits per heavy atom. The maximum absolute atomic E-state index is 9.28. The zero-order chi connectivity index (χ0) is 19.8. The van der Waals surface area contributed by atoms with Crippen molar-refractivity contribution in [1.29, 1.82) is 5.26 Å². The molecule has 3 rings (SSSR count). The highest BCUT2D eigenvalue weighted by Crippen LogP contribution is 2.39. The molecule has 0 radical (unpaired) electrons. The number of aryl methyl sites for hydroxylation is 2. The first-order valence-corrected chi connectivity index (χ1v) is 11.2. The first-order valence-electron chi connectivity index (χ1n) is 11.2. The van der Waals surface area contributed by atoms with Crippen LogP contribution in [0.15, 0.2) is 48.5 Å². The summed E-state index contributed by atoms with van der Waals surface area (Å²) in [6.07, 6.45) is 12.1. The maximum Gasteiger partial charge on any atom is 0.0686 e. The fourth-order valence-electron chi connectivity index (χ4n) is 4.39. The minimum atomic E-state index is -0.0658. The summed E-state index contributed by atoms with van der Waals surface area (Å²) >= 11 is 0. The molecule has 1 fully saturated rings. The highest BCUT2D eigenvalue weighted by atomic mass is 14.4. The summed E-state index contributed by atoms with van der Waals surface area (Å²) in [5, 5.41) is 9.28. The van der Waals surface area contributed by atoms with Crippen LogP contribution in [0.1, 0.15) is 76.3 Å². The Balaban J connectivity index is 1.49. The van der Waals surface area contributed by atoms with Gasteiger partial charge in [-0.15, -0.1) is 0 Å². The van der Waals surface area contributed by atoms with E-state index < -0.39 is 0 Å². The van der Waals surface area contributed by atoms with Crippen molar-refractivity contribution in [2.75, 3.05) is 0 Å². The van der Waals surface area contributed by atoms with Gasteiger partial charge in [-0.2, -0.15) is 5.26 Å². The van der Waals surface area contributed by atoms with E-state index in [0.717, 1.165) is 25.2 Å². The van der Waals surface area contributed by atoms with E-state index >= 15 is 0 Å². The quantitative estimate of drug-likeness (QED) is 0.434. The molecule has 0 spiro atoms. The molecule has 1 aliphatic carbocycles. The lowest BCUT2D eigenvalue weighted by Crippen LogP contribution is -2.23. The van der Waals surface area contributed by atoms with Crippen LogP contribution in [0.3, 0.4) is 0 Å². The summed E-state index contributed by atoms with van der Waals surface area (Å²) < 4.78 is 0. The standard InChI is InChI=1S/C27H35N/c1-3-4-5-6-22-9-13-25(14-10-22)26-15-11-23(12-16-26)7-8-24-17-19-27(2,21-28)20-18-24/h9-16,24H,3-8,17-20H2,1-2H3. The number of benzene rings is 2. The van der Waals surface area contributed by atoms with Crippen molar-refractivity contribution in [1.82, 2.24) is 0 Å². The minimum Gasteiger partial charge on any atom is -0.198 e. The maximum atomic E-state index is 9.28. The largest absolute Gasteiger partial charge is 0.198 e. The predicted octanol–water partition coefficient (Wildman–Crippen LogP) is 7.74. The molecule has 0 N–H and O–H groups in total. The van der Waals surface area contributed by atoms with E-state index in [1.165, 1.54) is 67.2 Å². The van der Waals surface area contributed by atoms with Crippen molar-refractivity contribution in [2.24, 2.45) is 11.3 Å². The normalized spacial score (nSPS) is 22.0. The van der Waals surface area contributed by atoms with Crippen LogP contribution in [0.2, 0.25) is 0 Å². The number of rotatable bonds is 8. The van der Waals surface area contributed by atoms with Crippen LogP contribution < -0.4 is 0 Å². The van der Waals surface area contributed by atoms with E-state index in [9.17, 15) is 5.26 Å². The van der Waals surface area contributed by atoms with Crippen LogP contribution in [0.5, 0.6) is 0 Å². The molecule has 1 saturated carbocycles. The monoisotopic (exact) mass is 373 g/mol. The highest BCUT2D eigenvalue weighted by Gasteiger charge is 2.30. The number of nitriles is 1. The van der Waals surface area contributed by atoms with Crippen molar-refractivity contribution in [3.63, 3.8) is 0 Å². The first kappa shape index (κ1) is 20.7. The SMILES string of the molecule is CCCCCc1ccc(-c2ccc(CCC3CCC(C)(C#N)CC3)cc2)cc1. The first-order chi connectivity index (χ1) is 13.6. The van der Waals surface area contributed by atoms with Gasteiger partial charge in [-0.25, -0.2) is 0 Å². The molecule has 1 aliphatic rings. The molecule has 0 saturated heterocycles. The average Bonchev–Trinajstić information content (AvgIpc) is 2.75. The van der Waals surface area contributed by atoms with Crippen molar-refractivity contribution < 1.29 is 0 Å². The van der Waals surface area contributed by atoms with Gasteiger partial charge in [-0.05, 0) is 86.5 Å². The second-order valence-corrected chi connectivity index (χ2v) is 9.01. The fourth-order valence-corrected chi connectivity index (χ4v) is 4.39. The molecule has 0 amide bonds. The lowest BCUT2D eigenvalue weighted by molar-refractivity contribution is 0.221. The predicted molar refractivity (Wildman–Crippen MR) is 119 cm³/mol. The van der Waals surface area contributed by atoms with Crippen LogP contribution in [0, 0.1) is 22.7 Å². The highest BCUT2D eigenvalue weighted by molar-refractivity contribution is 5.64. The Bertz CT molecular complexity index is 755. The Hall–Kier alpha value is -2.07. The number of hydrogen-bond donors (Lipinski definition) is 0. The summed E-state index contributed by atoms with van der Waals surface area (Å²) in [6, 6.07) is 20.8. The van der Waals surface area contributed by atoms with Gasteiger partial charge in [0.2, 0.25) is 0 Å². The van der Waals surface area contributed by atoms with Crippen LogP contribution in [-0.2, 0) is 12.8 Å². The van der Waals surface area contributed by atoms with Gasteiger partial charge in [0.1, 0.15) is 0 Å². The molecule has 0 heterocycles. The molecule has 1 nitrogen and oxygen atoms in total. The second-order valence-electron chi connectivity index (χ2n) is 9.01. The molecule has 0 aromatic heterocycles. The lowest BCUT2D eigenvalue weighted by Gasteiger charge is -2.32. The molecule has 148 valence electrons. The molecule has 0 unspecified atom stereocenters. The molecule has 0 atom stereocenters. The zero-order valence-corrected chi connectivity index (χ0v) is 17.7. The third-order valence-corrected chi connectivity index (χ3v) is 6.63. The van der Waals surface area contributed by atoms with Crippen molar-refractivity contribution in [2.45, 2.75) is 78.1 Å². The van der Waals surface area contributed by atoms with E-state index in [0.29, 0.717) is 0 Å². The Kier molecular flexibility index (Phi) is 7.32. The van der Waals surface area contributed by atoms with Gasteiger partial charge in [0, 0.05) is 0 Å². The average molecular weight is 374 g/mol. The van der Waals surface area contributed by atoms with E-state index in [4.69, 9.17) is 0 Å². The van der Waals surface area contributed by atoms with E-state index in [1.54, 1.807) is 0 Å². The van der Waals surface area contributed by atoms with Crippen LogP contribution in [0.25, 0.3) is 11.1 Å². The second kappa shape index (κ2) is 9.92. The third kappa shape index (κ3) is 5.71. The van der Waals surface area contributed by atoms with Gasteiger partial charge in [-0.1, -0.05) is 68.3 Å².